The lowest BCUT2D eigenvalue weighted by molar-refractivity contribution is -0.274. The largest absolute Gasteiger partial charge is 0.573 e. The molecule has 0 saturated carbocycles. The number of fused-ring (bicyclic) bond motifs is 1. The average Bonchev–Trinajstić information content (AvgIpc) is 2.86. The summed E-state index contributed by atoms with van der Waals surface area (Å²) in [6, 6.07) is 3.69. The highest BCUT2D eigenvalue weighted by Gasteiger charge is 2.34. The molecule has 24 heavy (non-hydrogen) atoms. The van der Waals surface area contributed by atoms with Gasteiger partial charge in [-0.15, -0.1) is 13.2 Å². The van der Waals surface area contributed by atoms with Gasteiger partial charge in [0.05, 0.1) is 17.3 Å². The van der Waals surface area contributed by atoms with E-state index in [1.165, 1.54) is 17.0 Å². The molecule has 0 aliphatic carbocycles. The molecule has 0 saturated heterocycles. The molecule has 9 heteroatoms. The van der Waals surface area contributed by atoms with Crippen LogP contribution in [0.1, 0.15) is 29.0 Å². The second-order valence-electron chi connectivity index (χ2n) is 5.55. The summed E-state index contributed by atoms with van der Waals surface area (Å²) in [6.45, 7) is 4.01. The maximum Gasteiger partial charge on any atom is 0.573 e. The van der Waals surface area contributed by atoms with Crippen LogP contribution in [0, 0.1) is 6.92 Å². The Balaban J connectivity index is 1.94. The number of aryl methyl sites for hydroxylation is 1. The van der Waals surface area contributed by atoms with Crippen LogP contribution in [0.15, 0.2) is 24.4 Å². The highest BCUT2D eigenvalue weighted by Crippen LogP contribution is 2.35. The van der Waals surface area contributed by atoms with Crippen LogP contribution in [0.25, 0.3) is 0 Å². The van der Waals surface area contributed by atoms with Crippen LogP contribution in [0.3, 0.4) is 0 Å². The van der Waals surface area contributed by atoms with E-state index in [-0.39, 0.29) is 17.0 Å². The first-order chi connectivity index (χ1) is 11.2. The van der Waals surface area contributed by atoms with Crippen LogP contribution < -0.4 is 9.64 Å². The Hall–Kier alpha value is -2.22. The molecule has 0 bridgehead atoms. The second kappa shape index (κ2) is 5.70. The molecule has 0 radical (unpaired) electrons. The highest BCUT2D eigenvalue weighted by atomic mass is 35.5. The lowest BCUT2D eigenvalue weighted by Crippen LogP contribution is -2.42. The fraction of sp³-hybridized carbons (Fsp3) is 0.333. The number of hydrogen-bond acceptors (Lipinski definition) is 3. The Bertz CT molecular complexity index is 804. The van der Waals surface area contributed by atoms with Gasteiger partial charge in [-0.2, -0.15) is 5.10 Å². The number of carbonyl (C=O) groups excluding carboxylic acids is 1. The lowest BCUT2D eigenvalue weighted by Gasteiger charge is -2.32. The van der Waals surface area contributed by atoms with E-state index in [4.69, 9.17) is 11.6 Å². The van der Waals surface area contributed by atoms with Gasteiger partial charge in [0.15, 0.2) is 0 Å². The molecule has 2 heterocycles. The number of aromatic nitrogens is 2. The zero-order chi connectivity index (χ0) is 17.6. The van der Waals surface area contributed by atoms with Gasteiger partial charge in [0.25, 0.3) is 5.91 Å². The third-order valence-electron chi connectivity index (χ3n) is 3.74. The molecule has 1 aliphatic heterocycles. The van der Waals surface area contributed by atoms with E-state index >= 15 is 0 Å². The zero-order valence-corrected chi connectivity index (χ0v) is 13.5. The monoisotopic (exact) mass is 359 g/mol. The second-order valence-corrected chi connectivity index (χ2v) is 5.96. The van der Waals surface area contributed by atoms with E-state index in [2.05, 4.69) is 9.84 Å². The van der Waals surface area contributed by atoms with Gasteiger partial charge in [-0.05, 0) is 32.0 Å². The Morgan fingerprint density at radius 1 is 1.38 bits per heavy atom. The SMILES string of the molecule is Cc1cnn2c1C(=O)N(c1ccc(OC(F)(F)F)c(Cl)c1)CC2C. The van der Waals surface area contributed by atoms with Gasteiger partial charge in [-0.25, -0.2) is 0 Å². The third-order valence-corrected chi connectivity index (χ3v) is 4.04. The summed E-state index contributed by atoms with van der Waals surface area (Å²) in [5.74, 6) is -0.782. The summed E-state index contributed by atoms with van der Waals surface area (Å²) in [5, 5.41) is 3.96. The molecular formula is C15H13ClF3N3O2. The van der Waals surface area contributed by atoms with Crippen LogP contribution in [-0.4, -0.2) is 28.6 Å². The molecule has 1 unspecified atom stereocenters. The highest BCUT2D eigenvalue weighted by molar-refractivity contribution is 6.32. The Kier molecular flexibility index (Phi) is 3.95. The minimum atomic E-state index is -4.83. The van der Waals surface area contributed by atoms with Crippen LogP contribution in [0.5, 0.6) is 5.75 Å². The van der Waals surface area contributed by atoms with E-state index in [0.29, 0.717) is 17.9 Å². The average molecular weight is 360 g/mol. The van der Waals surface area contributed by atoms with Crippen molar-refractivity contribution in [3.05, 3.63) is 40.7 Å². The molecule has 3 rings (SSSR count). The molecule has 0 fully saturated rings. The van der Waals surface area contributed by atoms with E-state index in [9.17, 15) is 18.0 Å². The molecule has 1 aliphatic rings. The predicted octanol–water partition coefficient (Wildman–Crippen LogP) is 3.96. The fourth-order valence-electron chi connectivity index (χ4n) is 2.69. The number of rotatable bonds is 2. The normalized spacial score (nSPS) is 17.8. The van der Waals surface area contributed by atoms with E-state index < -0.39 is 12.1 Å². The molecule has 2 aromatic rings. The Morgan fingerprint density at radius 3 is 2.71 bits per heavy atom. The smallest absolute Gasteiger partial charge is 0.404 e. The van der Waals surface area contributed by atoms with Gasteiger partial charge in [-0.3, -0.25) is 9.48 Å². The van der Waals surface area contributed by atoms with Crippen molar-refractivity contribution >= 4 is 23.2 Å². The number of ether oxygens (including phenoxy) is 1. The number of carbonyl (C=O) groups is 1. The minimum absolute atomic E-state index is 0.0729. The summed E-state index contributed by atoms with van der Waals surface area (Å²) in [7, 11) is 0. The zero-order valence-electron chi connectivity index (χ0n) is 12.8. The van der Waals surface area contributed by atoms with Crippen molar-refractivity contribution in [1.82, 2.24) is 9.78 Å². The van der Waals surface area contributed by atoms with Crippen molar-refractivity contribution in [2.45, 2.75) is 26.3 Å². The number of hydrogen-bond donors (Lipinski definition) is 0. The first-order valence-corrected chi connectivity index (χ1v) is 7.46. The topological polar surface area (TPSA) is 47.4 Å². The lowest BCUT2D eigenvalue weighted by atomic mass is 10.1. The van der Waals surface area contributed by atoms with E-state index in [1.807, 2.05) is 6.92 Å². The summed E-state index contributed by atoms with van der Waals surface area (Å²) in [5.41, 5.74) is 1.60. The number of amides is 1. The predicted molar refractivity (Wildman–Crippen MR) is 81.5 cm³/mol. The van der Waals surface area contributed by atoms with Gasteiger partial charge in [-0.1, -0.05) is 11.6 Å². The number of alkyl halides is 3. The fourth-order valence-corrected chi connectivity index (χ4v) is 2.90. The van der Waals surface area contributed by atoms with Crippen molar-refractivity contribution in [3.8, 4) is 5.75 Å². The van der Waals surface area contributed by atoms with Crippen molar-refractivity contribution in [3.63, 3.8) is 0 Å². The van der Waals surface area contributed by atoms with Gasteiger partial charge < -0.3 is 9.64 Å². The van der Waals surface area contributed by atoms with E-state index in [0.717, 1.165) is 11.6 Å². The summed E-state index contributed by atoms with van der Waals surface area (Å²) >= 11 is 5.87. The molecule has 128 valence electrons. The van der Waals surface area contributed by atoms with Gasteiger partial charge in [0.2, 0.25) is 0 Å². The van der Waals surface area contributed by atoms with Gasteiger partial charge >= 0.3 is 6.36 Å². The van der Waals surface area contributed by atoms with Crippen molar-refractivity contribution in [2.75, 3.05) is 11.4 Å². The van der Waals surface area contributed by atoms with Gasteiger partial charge in [0.1, 0.15) is 11.4 Å². The summed E-state index contributed by atoms with van der Waals surface area (Å²) in [6.07, 6.45) is -3.22. The summed E-state index contributed by atoms with van der Waals surface area (Å²) < 4.78 is 42.4. The number of nitrogens with zero attached hydrogens (tertiary/aromatic N) is 3. The molecule has 0 spiro atoms. The standard InChI is InChI=1S/C15H13ClF3N3O2/c1-8-6-20-22-9(2)7-21(14(23)13(8)22)10-3-4-12(11(16)5-10)24-15(17,18)19/h3-6,9H,7H2,1-2H3. The van der Waals surface area contributed by atoms with Crippen molar-refractivity contribution in [2.24, 2.45) is 0 Å². The maximum atomic E-state index is 12.7. The molecule has 5 nitrogen and oxygen atoms in total. The Morgan fingerprint density at radius 2 is 2.08 bits per heavy atom. The number of halogens is 4. The van der Waals surface area contributed by atoms with Gasteiger partial charge in [0, 0.05) is 17.8 Å². The Labute approximate surface area is 140 Å². The molecule has 1 aromatic carbocycles. The molecule has 1 atom stereocenters. The third kappa shape index (κ3) is 2.93. The summed E-state index contributed by atoms with van der Waals surface area (Å²) in [4.78, 5) is 14.2. The maximum absolute atomic E-state index is 12.7. The number of benzene rings is 1. The van der Waals surface area contributed by atoms with Crippen molar-refractivity contribution in [1.29, 1.82) is 0 Å². The molecule has 1 aromatic heterocycles. The molecular weight excluding hydrogens is 347 g/mol. The first kappa shape index (κ1) is 16.6. The molecule has 0 N–H and O–H groups in total. The van der Waals surface area contributed by atoms with Crippen molar-refractivity contribution < 1.29 is 22.7 Å². The van der Waals surface area contributed by atoms with Crippen LogP contribution in [-0.2, 0) is 0 Å². The van der Waals surface area contributed by atoms with Crippen LogP contribution in [0.2, 0.25) is 5.02 Å². The molecule has 1 amide bonds. The minimum Gasteiger partial charge on any atom is -0.404 e. The number of anilines is 1. The van der Waals surface area contributed by atoms with E-state index in [1.54, 1.807) is 17.8 Å². The van der Waals surface area contributed by atoms with Crippen LogP contribution in [0.4, 0.5) is 18.9 Å². The first-order valence-electron chi connectivity index (χ1n) is 7.08. The quantitative estimate of drug-likeness (QED) is 0.815. The van der Waals surface area contributed by atoms with Crippen LogP contribution >= 0.6 is 11.6 Å².